The van der Waals surface area contributed by atoms with E-state index in [0.29, 0.717) is 35.5 Å². The van der Waals surface area contributed by atoms with Gasteiger partial charge in [-0.05, 0) is 60.8 Å². The third-order valence-electron chi connectivity index (χ3n) is 5.20. The average Bonchev–Trinajstić information content (AvgIpc) is 3.21. The lowest BCUT2D eigenvalue weighted by Crippen LogP contribution is -2.13. The fraction of sp³-hybridized carbons (Fsp3) is 0.217. The number of fused-ring (bicyclic) bond motifs is 1. The van der Waals surface area contributed by atoms with Gasteiger partial charge in [0.2, 0.25) is 5.28 Å². The molecule has 0 atom stereocenters. The number of amides is 1. The minimum Gasteiger partial charge on any atom is -0.396 e. The van der Waals surface area contributed by atoms with Gasteiger partial charge in [-0.15, -0.1) is 0 Å². The molecule has 0 aliphatic rings. The second-order valence-electron chi connectivity index (χ2n) is 7.71. The Balaban J connectivity index is 1.60. The van der Waals surface area contributed by atoms with Crippen LogP contribution in [0.5, 0.6) is 0 Å². The van der Waals surface area contributed by atoms with Crippen molar-refractivity contribution in [2.45, 2.75) is 26.1 Å². The first-order valence-electron chi connectivity index (χ1n) is 10.5. The zero-order chi connectivity index (χ0) is 25.2. The van der Waals surface area contributed by atoms with Crippen LogP contribution in [0.3, 0.4) is 0 Å². The molecule has 2 heterocycles. The van der Waals surface area contributed by atoms with Crippen LogP contribution < -0.4 is 10.6 Å². The Bertz CT molecular complexity index is 1390. The highest BCUT2D eigenvalue weighted by atomic mass is 35.5. The summed E-state index contributed by atoms with van der Waals surface area (Å²) in [7, 11) is 0. The van der Waals surface area contributed by atoms with Crippen molar-refractivity contribution in [2.75, 3.05) is 17.2 Å². The summed E-state index contributed by atoms with van der Waals surface area (Å²) in [4.78, 5) is 21.2. The molecule has 35 heavy (non-hydrogen) atoms. The fourth-order valence-corrected chi connectivity index (χ4v) is 3.57. The molecule has 2 aromatic carbocycles. The third kappa shape index (κ3) is 5.52. The van der Waals surface area contributed by atoms with E-state index in [1.807, 2.05) is 6.92 Å². The Morgan fingerprint density at radius 1 is 1.17 bits per heavy atom. The number of hydrogen-bond donors (Lipinski definition) is 3. The lowest BCUT2D eigenvalue weighted by atomic mass is 10.1. The minimum atomic E-state index is -4.52. The molecule has 4 rings (SSSR count). The van der Waals surface area contributed by atoms with E-state index in [0.717, 1.165) is 17.7 Å². The molecule has 0 saturated carbocycles. The first-order valence-corrected chi connectivity index (χ1v) is 10.9. The number of carbonyl (C=O) groups excluding carboxylic acids is 1. The number of aryl methyl sites for hydroxylation is 2. The largest absolute Gasteiger partial charge is 0.416 e. The Kier molecular flexibility index (Phi) is 6.90. The second-order valence-corrected chi connectivity index (χ2v) is 8.05. The van der Waals surface area contributed by atoms with E-state index in [2.05, 4.69) is 25.7 Å². The summed E-state index contributed by atoms with van der Waals surface area (Å²) < 4.78 is 40.5. The van der Waals surface area contributed by atoms with Crippen LogP contribution in [0.25, 0.3) is 11.0 Å². The van der Waals surface area contributed by atoms with Gasteiger partial charge >= 0.3 is 6.18 Å². The zero-order valence-electron chi connectivity index (χ0n) is 18.4. The smallest absolute Gasteiger partial charge is 0.396 e. The Morgan fingerprint density at radius 2 is 1.97 bits per heavy atom. The van der Waals surface area contributed by atoms with Gasteiger partial charge in [0.25, 0.3) is 5.91 Å². The molecular weight excluding hydrogens is 485 g/mol. The molecule has 0 fully saturated rings. The standard InChI is InChI=1S/C23H20ClF3N6O2/c1-13-6-7-14(21(35)29-16-5-2-4-15(11-16)23(25,26)27)10-18(13)30-19-17-12-28-33(8-3-9-34)20(17)32-22(24)31-19/h2,4-7,10-12,34H,3,8-9H2,1H3,(H,29,35)(H,30,31,32). The monoisotopic (exact) mass is 504 g/mol. The summed E-state index contributed by atoms with van der Waals surface area (Å²) in [6, 6.07) is 9.26. The Morgan fingerprint density at radius 3 is 2.71 bits per heavy atom. The van der Waals surface area contributed by atoms with Gasteiger partial charge in [-0.3, -0.25) is 4.79 Å². The maximum atomic E-state index is 13.0. The molecule has 0 spiro atoms. The van der Waals surface area contributed by atoms with Gasteiger partial charge in [-0.1, -0.05) is 12.1 Å². The number of nitrogens with one attached hydrogen (secondary N) is 2. The molecule has 0 saturated heterocycles. The minimum absolute atomic E-state index is 0.000172. The number of nitrogens with zero attached hydrogens (tertiary/aromatic N) is 4. The maximum absolute atomic E-state index is 13.0. The number of benzene rings is 2. The Labute approximate surface area is 202 Å². The predicted octanol–water partition coefficient (Wildman–Crippen LogP) is 5.19. The molecular formula is C23H20ClF3N6O2. The van der Waals surface area contributed by atoms with Crippen molar-refractivity contribution in [1.29, 1.82) is 0 Å². The van der Waals surface area contributed by atoms with Crippen LogP contribution in [-0.2, 0) is 12.7 Å². The number of hydrogen-bond acceptors (Lipinski definition) is 6. The van der Waals surface area contributed by atoms with Crippen LogP contribution in [0.2, 0.25) is 5.28 Å². The number of alkyl halides is 3. The molecule has 1 amide bonds. The van der Waals surface area contributed by atoms with Crippen LogP contribution in [0.1, 0.15) is 27.9 Å². The summed E-state index contributed by atoms with van der Waals surface area (Å²) in [5.74, 6) is -0.205. The molecule has 0 aliphatic heterocycles. The zero-order valence-corrected chi connectivity index (χ0v) is 19.2. The molecule has 8 nitrogen and oxygen atoms in total. The van der Waals surface area contributed by atoms with Crippen LogP contribution in [0, 0.1) is 6.92 Å². The van der Waals surface area contributed by atoms with Gasteiger partial charge in [0.15, 0.2) is 5.65 Å². The van der Waals surface area contributed by atoms with Gasteiger partial charge in [0.05, 0.1) is 17.1 Å². The van der Waals surface area contributed by atoms with Gasteiger partial charge in [-0.25, -0.2) is 4.68 Å². The van der Waals surface area contributed by atoms with Crippen LogP contribution >= 0.6 is 11.6 Å². The number of rotatable bonds is 7. The lowest BCUT2D eigenvalue weighted by molar-refractivity contribution is -0.137. The van der Waals surface area contributed by atoms with E-state index >= 15 is 0 Å². The SMILES string of the molecule is Cc1ccc(C(=O)Nc2cccc(C(F)(F)F)c2)cc1Nc1nc(Cl)nc2c1cnn2CCCO. The highest BCUT2D eigenvalue weighted by Crippen LogP contribution is 2.31. The van der Waals surface area contributed by atoms with E-state index in [4.69, 9.17) is 16.7 Å². The first kappa shape index (κ1) is 24.4. The van der Waals surface area contributed by atoms with E-state index in [1.165, 1.54) is 12.1 Å². The molecule has 12 heteroatoms. The van der Waals surface area contributed by atoms with Crippen molar-refractivity contribution in [2.24, 2.45) is 0 Å². The lowest BCUT2D eigenvalue weighted by Gasteiger charge is -2.13. The molecule has 3 N–H and O–H groups in total. The molecule has 0 aliphatic carbocycles. The third-order valence-corrected chi connectivity index (χ3v) is 5.37. The summed E-state index contributed by atoms with van der Waals surface area (Å²) in [6.45, 7) is 2.26. The van der Waals surface area contributed by atoms with Crippen LogP contribution in [0.4, 0.5) is 30.4 Å². The first-order chi connectivity index (χ1) is 16.7. The number of carbonyl (C=O) groups is 1. The van der Waals surface area contributed by atoms with E-state index in [-0.39, 0.29) is 23.1 Å². The van der Waals surface area contributed by atoms with Gasteiger partial charge in [0.1, 0.15) is 5.82 Å². The molecule has 182 valence electrons. The van der Waals surface area contributed by atoms with Gasteiger partial charge in [0, 0.05) is 30.1 Å². The highest BCUT2D eigenvalue weighted by Gasteiger charge is 2.30. The van der Waals surface area contributed by atoms with Crippen LogP contribution in [-0.4, -0.2) is 37.4 Å². The Hall–Kier alpha value is -3.70. The molecule has 0 radical (unpaired) electrons. The number of aromatic nitrogens is 4. The maximum Gasteiger partial charge on any atom is 0.416 e. The number of aliphatic hydroxyl groups is 1. The normalized spacial score (nSPS) is 11.6. The van der Waals surface area contributed by atoms with Crippen molar-refractivity contribution in [3.63, 3.8) is 0 Å². The number of anilines is 3. The van der Waals surface area contributed by atoms with Crippen molar-refractivity contribution >= 4 is 45.7 Å². The van der Waals surface area contributed by atoms with Crippen molar-refractivity contribution in [3.8, 4) is 0 Å². The van der Waals surface area contributed by atoms with Crippen molar-refractivity contribution in [3.05, 3.63) is 70.6 Å². The van der Waals surface area contributed by atoms with E-state index in [9.17, 15) is 18.0 Å². The van der Waals surface area contributed by atoms with Crippen molar-refractivity contribution in [1.82, 2.24) is 19.7 Å². The van der Waals surface area contributed by atoms with E-state index < -0.39 is 17.6 Å². The van der Waals surface area contributed by atoms with Gasteiger partial charge < -0.3 is 15.7 Å². The molecule has 0 unspecified atom stereocenters. The average molecular weight is 505 g/mol. The summed E-state index contributed by atoms with van der Waals surface area (Å²) in [5, 5.41) is 19.6. The highest BCUT2D eigenvalue weighted by molar-refractivity contribution is 6.28. The fourth-order valence-electron chi connectivity index (χ4n) is 3.41. The van der Waals surface area contributed by atoms with Gasteiger partial charge in [-0.2, -0.15) is 28.2 Å². The number of aliphatic hydroxyl groups excluding tert-OH is 1. The molecule has 4 aromatic rings. The predicted molar refractivity (Wildman–Crippen MR) is 126 cm³/mol. The second kappa shape index (κ2) is 9.88. The molecule has 2 aromatic heterocycles. The molecule has 0 bridgehead atoms. The van der Waals surface area contributed by atoms with E-state index in [1.54, 1.807) is 29.1 Å². The number of halogens is 4. The topological polar surface area (TPSA) is 105 Å². The quantitative estimate of drug-likeness (QED) is 0.299. The van der Waals surface area contributed by atoms with Crippen molar-refractivity contribution < 1.29 is 23.1 Å². The van der Waals surface area contributed by atoms with Crippen LogP contribution in [0.15, 0.2) is 48.7 Å². The summed E-state index contributed by atoms with van der Waals surface area (Å²) in [5.41, 5.74) is 1.21. The summed E-state index contributed by atoms with van der Waals surface area (Å²) >= 11 is 6.11. The summed E-state index contributed by atoms with van der Waals surface area (Å²) in [6.07, 6.45) is -2.45.